The van der Waals surface area contributed by atoms with E-state index in [1.54, 1.807) is 0 Å². The maximum atomic E-state index is 8.88. The second kappa shape index (κ2) is 4.24. The van der Waals surface area contributed by atoms with E-state index in [4.69, 9.17) is 19.2 Å². The summed E-state index contributed by atoms with van der Waals surface area (Å²) in [7, 11) is -4.64. The molecule has 0 radical (unpaired) electrons. The fraction of sp³-hybridized carbons (Fsp3) is 0. The van der Waals surface area contributed by atoms with Gasteiger partial charge in [0.25, 0.3) is 0 Å². The van der Waals surface area contributed by atoms with Gasteiger partial charge in [-0.2, -0.15) is 0 Å². The van der Waals surface area contributed by atoms with E-state index in [0.717, 1.165) is 0 Å². The molecule has 1 aromatic heterocycles. The third kappa shape index (κ3) is 15.7. The van der Waals surface area contributed by atoms with Crippen molar-refractivity contribution in [1.82, 2.24) is 4.98 Å². The molecule has 0 bridgehead atoms. The van der Waals surface area contributed by atoms with Gasteiger partial charge in [-0.25, -0.2) is 4.57 Å². The van der Waals surface area contributed by atoms with Gasteiger partial charge in [-0.15, -0.1) is 0 Å². The van der Waals surface area contributed by atoms with Crippen LogP contribution < -0.4 is 0 Å². The van der Waals surface area contributed by atoms with Crippen LogP contribution >= 0.6 is 7.82 Å². The first kappa shape index (κ1) is 9.39. The van der Waals surface area contributed by atoms with E-state index in [0.29, 0.717) is 0 Å². The highest BCUT2D eigenvalue weighted by Crippen LogP contribution is 2.25. The second-order valence-corrected chi connectivity index (χ2v) is 2.42. The molecular weight excluding hydrogens is 157 g/mol. The van der Waals surface area contributed by atoms with Gasteiger partial charge in [0.05, 0.1) is 0 Å². The zero-order valence-electron chi connectivity index (χ0n) is 5.01. The summed E-state index contributed by atoms with van der Waals surface area (Å²) >= 11 is 0. The Bertz CT molecular complexity index is 166. The normalized spacial score (nSPS) is 9.90. The lowest BCUT2D eigenvalue weighted by atomic mass is 10.7. The minimum absolute atomic E-state index is 1.88. The molecular formula is C4H8NO4P. The van der Waals surface area contributed by atoms with Crippen molar-refractivity contribution in [1.29, 1.82) is 0 Å². The van der Waals surface area contributed by atoms with E-state index < -0.39 is 7.82 Å². The van der Waals surface area contributed by atoms with Gasteiger partial charge in [-0.3, -0.25) is 0 Å². The molecule has 0 atom stereocenters. The maximum Gasteiger partial charge on any atom is 0.466 e. The third-order valence-electron chi connectivity index (χ3n) is 0.496. The molecule has 4 N–H and O–H groups in total. The summed E-state index contributed by atoms with van der Waals surface area (Å²) in [5.74, 6) is 0. The Kier molecular flexibility index (Phi) is 3.99. The van der Waals surface area contributed by atoms with E-state index in [1.807, 2.05) is 24.5 Å². The summed E-state index contributed by atoms with van der Waals surface area (Å²) in [5, 5.41) is 0. The van der Waals surface area contributed by atoms with E-state index in [-0.39, 0.29) is 0 Å². The van der Waals surface area contributed by atoms with Crippen molar-refractivity contribution < 1.29 is 19.2 Å². The average molecular weight is 165 g/mol. The fourth-order valence-corrected chi connectivity index (χ4v) is 0.278. The van der Waals surface area contributed by atoms with Crippen LogP contribution in [0.15, 0.2) is 24.5 Å². The molecule has 10 heavy (non-hydrogen) atoms. The maximum absolute atomic E-state index is 8.88. The monoisotopic (exact) mass is 165 g/mol. The smallest absolute Gasteiger partial charge is 0.368 e. The van der Waals surface area contributed by atoms with Gasteiger partial charge >= 0.3 is 7.82 Å². The molecule has 0 aliphatic carbocycles. The largest absolute Gasteiger partial charge is 0.466 e. The van der Waals surface area contributed by atoms with Crippen LogP contribution in [0.1, 0.15) is 0 Å². The molecule has 1 heterocycles. The van der Waals surface area contributed by atoms with Crippen LogP contribution in [0.3, 0.4) is 0 Å². The SMILES string of the molecule is O=P(O)(O)O.c1cc[nH]c1. The lowest BCUT2D eigenvalue weighted by molar-refractivity contribution is 0.275. The molecule has 5 nitrogen and oxygen atoms in total. The van der Waals surface area contributed by atoms with Crippen LogP contribution in [0.4, 0.5) is 0 Å². The number of phosphoric acid groups is 1. The third-order valence-corrected chi connectivity index (χ3v) is 0.496. The Hall–Kier alpha value is -0.610. The van der Waals surface area contributed by atoms with Gasteiger partial charge in [0, 0.05) is 12.4 Å². The molecule has 1 rings (SSSR count). The zero-order valence-corrected chi connectivity index (χ0v) is 5.90. The Morgan fingerprint density at radius 3 is 1.50 bits per heavy atom. The molecule has 0 spiro atoms. The van der Waals surface area contributed by atoms with E-state index in [2.05, 4.69) is 4.98 Å². The van der Waals surface area contributed by atoms with E-state index >= 15 is 0 Å². The summed E-state index contributed by atoms with van der Waals surface area (Å²) in [6, 6.07) is 3.89. The molecule has 0 fully saturated rings. The van der Waals surface area contributed by atoms with Gasteiger partial charge in [0.15, 0.2) is 0 Å². The standard InChI is InChI=1S/C4H5N.H3O4P/c1-2-4-5-3-1;1-5(2,3)4/h1-5H;(H3,1,2,3,4). The number of H-pyrrole nitrogens is 1. The molecule has 6 heteroatoms. The van der Waals surface area contributed by atoms with Crippen LogP contribution in [-0.4, -0.2) is 19.7 Å². The van der Waals surface area contributed by atoms with Gasteiger partial charge in [0.2, 0.25) is 0 Å². The number of aromatic amines is 1. The molecule has 58 valence electrons. The number of nitrogens with one attached hydrogen (secondary N) is 1. The minimum Gasteiger partial charge on any atom is -0.368 e. The van der Waals surface area contributed by atoms with E-state index in [1.165, 1.54) is 0 Å². The number of hydrogen-bond donors (Lipinski definition) is 4. The number of hydrogen-bond acceptors (Lipinski definition) is 1. The van der Waals surface area contributed by atoms with E-state index in [9.17, 15) is 0 Å². The summed E-state index contributed by atoms with van der Waals surface area (Å²) < 4.78 is 8.88. The zero-order chi connectivity index (χ0) is 8.04. The lowest BCUT2D eigenvalue weighted by Crippen LogP contribution is -1.66. The van der Waals surface area contributed by atoms with Gasteiger partial charge in [-0.05, 0) is 12.1 Å². The fourth-order valence-electron chi connectivity index (χ4n) is 0.278. The van der Waals surface area contributed by atoms with Crippen molar-refractivity contribution >= 4 is 7.82 Å². The van der Waals surface area contributed by atoms with Crippen molar-refractivity contribution in [2.75, 3.05) is 0 Å². The molecule has 0 aliphatic heterocycles. The Morgan fingerprint density at radius 2 is 1.40 bits per heavy atom. The molecule has 0 saturated carbocycles. The van der Waals surface area contributed by atoms with Crippen LogP contribution in [0.25, 0.3) is 0 Å². The molecule has 0 saturated heterocycles. The van der Waals surface area contributed by atoms with Crippen LogP contribution in [0.2, 0.25) is 0 Å². The van der Waals surface area contributed by atoms with Crippen molar-refractivity contribution in [3.05, 3.63) is 24.5 Å². The quantitative estimate of drug-likeness (QED) is 0.409. The van der Waals surface area contributed by atoms with Crippen LogP contribution in [-0.2, 0) is 4.57 Å². The average Bonchev–Trinajstić information content (AvgIpc) is 2.07. The first-order valence-electron chi connectivity index (χ1n) is 2.36. The van der Waals surface area contributed by atoms with Crippen molar-refractivity contribution in [2.45, 2.75) is 0 Å². The predicted octanol–water partition coefficient (Wildman–Crippen LogP) is 0.0861. The molecule has 0 aliphatic rings. The minimum atomic E-state index is -4.64. The summed E-state index contributed by atoms with van der Waals surface area (Å²) in [6.45, 7) is 0. The summed E-state index contributed by atoms with van der Waals surface area (Å²) in [4.78, 5) is 24.4. The van der Waals surface area contributed by atoms with Crippen molar-refractivity contribution in [2.24, 2.45) is 0 Å². The highest BCUT2D eigenvalue weighted by atomic mass is 31.2. The molecule has 0 amide bonds. The highest BCUT2D eigenvalue weighted by Gasteiger charge is 2.00. The first-order valence-corrected chi connectivity index (χ1v) is 3.93. The highest BCUT2D eigenvalue weighted by molar-refractivity contribution is 7.45. The Morgan fingerprint density at radius 1 is 1.10 bits per heavy atom. The van der Waals surface area contributed by atoms with Crippen molar-refractivity contribution in [3.63, 3.8) is 0 Å². The number of rotatable bonds is 0. The molecule has 0 aromatic carbocycles. The van der Waals surface area contributed by atoms with Gasteiger partial charge in [0.1, 0.15) is 0 Å². The van der Waals surface area contributed by atoms with Crippen LogP contribution in [0.5, 0.6) is 0 Å². The number of aromatic nitrogens is 1. The molecule has 1 aromatic rings. The van der Waals surface area contributed by atoms with Gasteiger partial charge in [-0.1, -0.05) is 0 Å². The molecule has 0 unspecified atom stereocenters. The predicted molar refractivity (Wildman–Crippen MR) is 35.1 cm³/mol. The Labute approximate surface area is 57.6 Å². The first-order chi connectivity index (χ1) is 4.50. The topological polar surface area (TPSA) is 93.6 Å². The van der Waals surface area contributed by atoms with Gasteiger partial charge < -0.3 is 19.7 Å². The van der Waals surface area contributed by atoms with Crippen LogP contribution in [0, 0.1) is 0 Å². The summed E-state index contributed by atoms with van der Waals surface area (Å²) in [5.41, 5.74) is 0. The summed E-state index contributed by atoms with van der Waals surface area (Å²) in [6.07, 6.45) is 3.75. The van der Waals surface area contributed by atoms with Crippen molar-refractivity contribution in [3.8, 4) is 0 Å². The second-order valence-electron chi connectivity index (χ2n) is 1.40. The Balaban J connectivity index is 0.000000162. The lowest BCUT2D eigenvalue weighted by Gasteiger charge is -1.82.